The van der Waals surface area contributed by atoms with Crippen LogP contribution in [0.2, 0.25) is 5.02 Å². The van der Waals surface area contributed by atoms with Crippen LogP contribution in [0.3, 0.4) is 0 Å². The van der Waals surface area contributed by atoms with Gasteiger partial charge in [0.15, 0.2) is 12.3 Å². The minimum atomic E-state index is -0.574. The molecule has 4 aromatic rings. The van der Waals surface area contributed by atoms with Gasteiger partial charge in [-0.2, -0.15) is 9.78 Å². The van der Waals surface area contributed by atoms with Crippen molar-refractivity contribution < 1.29 is 9.13 Å². The van der Waals surface area contributed by atoms with E-state index in [-0.39, 0.29) is 16.6 Å². The fourth-order valence-corrected chi connectivity index (χ4v) is 3.43. The van der Waals surface area contributed by atoms with Crippen LogP contribution < -0.4 is 5.56 Å². The Hall–Kier alpha value is -3.51. The molecule has 0 radical (unpaired) electrons. The molecule has 1 heterocycles. The van der Waals surface area contributed by atoms with Crippen LogP contribution >= 0.6 is 11.6 Å². The molecule has 0 aliphatic heterocycles. The minimum Gasteiger partial charge on any atom is -0.624 e. The van der Waals surface area contributed by atoms with E-state index in [0.717, 1.165) is 15.9 Å². The molecule has 0 saturated carbocycles. The predicted molar refractivity (Wildman–Crippen MR) is 122 cm³/mol. The quantitative estimate of drug-likeness (QED) is 0.192. The number of aromatic nitrogens is 2. The summed E-state index contributed by atoms with van der Waals surface area (Å²) in [6.07, 6.45) is 1.52. The van der Waals surface area contributed by atoms with E-state index in [1.807, 2.05) is 50.2 Å². The van der Waals surface area contributed by atoms with Crippen molar-refractivity contribution in [1.29, 1.82) is 0 Å². The van der Waals surface area contributed by atoms with Gasteiger partial charge in [0.2, 0.25) is 0 Å². The van der Waals surface area contributed by atoms with Crippen molar-refractivity contribution in [3.05, 3.63) is 98.7 Å². The summed E-state index contributed by atoms with van der Waals surface area (Å²) in [5.74, 6) is -0.574. The Morgan fingerprint density at radius 3 is 2.52 bits per heavy atom. The SMILES string of the molecule is CC(C)/[N+]([O-])=C/c1cccc(-c2nn(-c3ccc(F)c(Cl)c3)c(=O)c3ccccc23)c1. The molecule has 4 rings (SSSR count). The van der Waals surface area contributed by atoms with Crippen molar-refractivity contribution in [1.82, 2.24) is 9.78 Å². The summed E-state index contributed by atoms with van der Waals surface area (Å²) in [6, 6.07) is 18.4. The minimum absolute atomic E-state index is 0.0956. The second kappa shape index (κ2) is 8.32. The van der Waals surface area contributed by atoms with Crippen molar-refractivity contribution in [2.24, 2.45) is 0 Å². The van der Waals surface area contributed by atoms with Gasteiger partial charge in [0, 0.05) is 16.5 Å². The Morgan fingerprint density at radius 1 is 1.06 bits per heavy atom. The third kappa shape index (κ3) is 4.07. The number of rotatable bonds is 4. The highest BCUT2D eigenvalue weighted by Gasteiger charge is 2.15. The standard InChI is InChI=1S/C24H19ClFN3O2/c1-15(2)28(31)14-16-6-5-7-17(12-16)23-19-8-3-4-9-20(19)24(30)29(27-23)18-10-11-22(26)21(25)13-18/h3-15H,1-2H3/b28-14-. The zero-order chi connectivity index (χ0) is 22.1. The zero-order valence-electron chi connectivity index (χ0n) is 16.9. The van der Waals surface area contributed by atoms with Crippen LogP contribution in [0.1, 0.15) is 19.4 Å². The van der Waals surface area contributed by atoms with Crippen LogP contribution in [0.5, 0.6) is 0 Å². The number of fused-ring (bicyclic) bond motifs is 1. The zero-order valence-corrected chi connectivity index (χ0v) is 17.7. The molecule has 0 N–H and O–H groups in total. The van der Waals surface area contributed by atoms with Crippen LogP contribution in [-0.2, 0) is 0 Å². The molecule has 0 unspecified atom stereocenters. The first-order valence-corrected chi connectivity index (χ1v) is 10.1. The Bertz CT molecular complexity index is 1380. The number of hydroxylamine groups is 1. The third-order valence-corrected chi connectivity index (χ3v) is 5.19. The van der Waals surface area contributed by atoms with E-state index >= 15 is 0 Å². The number of benzene rings is 3. The van der Waals surface area contributed by atoms with E-state index in [4.69, 9.17) is 11.6 Å². The molecule has 0 bridgehead atoms. The smallest absolute Gasteiger partial charge is 0.279 e. The lowest BCUT2D eigenvalue weighted by Crippen LogP contribution is -2.22. The highest BCUT2D eigenvalue weighted by molar-refractivity contribution is 6.30. The summed E-state index contributed by atoms with van der Waals surface area (Å²) < 4.78 is 15.7. The Labute approximate surface area is 183 Å². The van der Waals surface area contributed by atoms with Gasteiger partial charge in [-0.1, -0.05) is 41.9 Å². The van der Waals surface area contributed by atoms with Gasteiger partial charge in [0.05, 0.1) is 21.8 Å². The van der Waals surface area contributed by atoms with Crippen LogP contribution in [0, 0.1) is 11.0 Å². The molecule has 3 aromatic carbocycles. The molecule has 5 nitrogen and oxygen atoms in total. The van der Waals surface area contributed by atoms with Crippen LogP contribution in [-0.4, -0.2) is 26.8 Å². The van der Waals surface area contributed by atoms with E-state index in [0.29, 0.717) is 22.2 Å². The second-order valence-corrected chi connectivity index (χ2v) is 7.82. The van der Waals surface area contributed by atoms with Crippen LogP contribution in [0.25, 0.3) is 27.7 Å². The van der Waals surface area contributed by atoms with Crippen molar-refractivity contribution >= 4 is 28.6 Å². The number of nitrogens with zero attached hydrogens (tertiary/aromatic N) is 3. The molecule has 7 heteroatoms. The highest BCUT2D eigenvalue weighted by atomic mass is 35.5. The molecule has 0 fully saturated rings. The molecule has 0 aliphatic rings. The Balaban J connectivity index is 1.97. The lowest BCUT2D eigenvalue weighted by Gasteiger charge is -2.12. The molecule has 0 amide bonds. The summed E-state index contributed by atoms with van der Waals surface area (Å²) in [4.78, 5) is 13.1. The number of halogens is 2. The first kappa shape index (κ1) is 20.8. The monoisotopic (exact) mass is 435 g/mol. The Kier molecular flexibility index (Phi) is 5.57. The molecule has 1 aromatic heterocycles. The van der Waals surface area contributed by atoms with Crippen LogP contribution in [0.15, 0.2) is 71.5 Å². The van der Waals surface area contributed by atoms with Crippen molar-refractivity contribution in [2.45, 2.75) is 19.9 Å². The van der Waals surface area contributed by atoms with Crippen molar-refractivity contribution in [3.63, 3.8) is 0 Å². The fourth-order valence-electron chi connectivity index (χ4n) is 3.26. The maximum absolute atomic E-state index is 13.6. The largest absolute Gasteiger partial charge is 0.624 e. The molecule has 0 atom stereocenters. The van der Waals surface area contributed by atoms with E-state index in [1.54, 1.807) is 12.1 Å². The topological polar surface area (TPSA) is 61.0 Å². The first-order chi connectivity index (χ1) is 14.8. The lowest BCUT2D eigenvalue weighted by molar-refractivity contribution is -0.487. The molecule has 156 valence electrons. The average Bonchev–Trinajstić information content (AvgIpc) is 2.76. The molecule has 0 saturated heterocycles. The number of hydrogen-bond acceptors (Lipinski definition) is 3. The van der Waals surface area contributed by atoms with Crippen molar-refractivity contribution in [3.8, 4) is 16.9 Å². The van der Waals surface area contributed by atoms with E-state index < -0.39 is 5.82 Å². The van der Waals surface area contributed by atoms with E-state index in [1.165, 1.54) is 29.1 Å². The van der Waals surface area contributed by atoms with Gasteiger partial charge < -0.3 is 5.21 Å². The van der Waals surface area contributed by atoms with E-state index in [2.05, 4.69) is 5.10 Å². The molecule has 31 heavy (non-hydrogen) atoms. The summed E-state index contributed by atoms with van der Waals surface area (Å²) in [6.45, 7) is 3.62. The summed E-state index contributed by atoms with van der Waals surface area (Å²) >= 11 is 5.93. The molecule has 0 spiro atoms. The average molecular weight is 436 g/mol. The molecular weight excluding hydrogens is 417 g/mol. The summed E-state index contributed by atoms with van der Waals surface area (Å²) in [7, 11) is 0. The summed E-state index contributed by atoms with van der Waals surface area (Å²) in [5, 5.41) is 17.7. The lowest BCUT2D eigenvalue weighted by atomic mass is 10.0. The third-order valence-electron chi connectivity index (χ3n) is 4.90. The highest BCUT2D eigenvalue weighted by Crippen LogP contribution is 2.26. The van der Waals surface area contributed by atoms with Crippen molar-refractivity contribution in [2.75, 3.05) is 0 Å². The van der Waals surface area contributed by atoms with E-state index in [9.17, 15) is 14.4 Å². The van der Waals surface area contributed by atoms with Gasteiger partial charge in [-0.25, -0.2) is 9.13 Å². The maximum atomic E-state index is 13.6. The second-order valence-electron chi connectivity index (χ2n) is 7.42. The number of hydrogen-bond donors (Lipinski definition) is 0. The predicted octanol–water partition coefficient (Wildman–Crippen LogP) is 5.18. The van der Waals surface area contributed by atoms with Gasteiger partial charge >= 0.3 is 0 Å². The first-order valence-electron chi connectivity index (χ1n) is 9.73. The molecular formula is C24H19ClFN3O2. The van der Waals surface area contributed by atoms with Gasteiger partial charge in [-0.05, 0) is 50.2 Å². The van der Waals surface area contributed by atoms with Gasteiger partial charge in [0.25, 0.3) is 5.56 Å². The van der Waals surface area contributed by atoms with Gasteiger partial charge in [0.1, 0.15) is 5.82 Å². The fraction of sp³-hybridized carbons (Fsp3) is 0.125. The Morgan fingerprint density at radius 2 is 1.81 bits per heavy atom. The normalized spacial score (nSPS) is 12.0. The molecule has 0 aliphatic carbocycles. The maximum Gasteiger partial charge on any atom is 0.279 e. The van der Waals surface area contributed by atoms with Gasteiger partial charge in [-0.15, -0.1) is 0 Å². The summed E-state index contributed by atoms with van der Waals surface area (Å²) in [5.41, 5.74) is 2.04. The van der Waals surface area contributed by atoms with Gasteiger partial charge in [-0.3, -0.25) is 4.79 Å². The van der Waals surface area contributed by atoms with Crippen LogP contribution in [0.4, 0.5) is 4.39 Å².